The van der Waals surface area contributed by atoms with Crippen LogP contribution in [0.4, 0.5) is 8.78 Å². The highest BCUT2D eigenvalue weighted by Gasteiger charge is 2.36. The van der Waals surface area contributed by atoms with Gasteiger partial charge in [0.15, 0.2) is 16.8 Å². The molecule has 0 amide bonds. The lowest BCUT2D eigenvalue weighted by Gasteiger charge is -2.17. The van der Waals surface area contributed by atoms with Crippen molar-refractivity contribution in [1.29, 1.82) is 0 Å². The molecule has 1 aliphatic rings. The number of H-pyrrole nitrogens is 1. The molecule has 1 aromatic heterocycles. The molecule has 1 aliphatic heterocycles. The second kappa shape index (κ2) is 4.89. The Hall–Kier alpha value is -0.700. The average Bonchev–Trinajstić information content (AvgIpc) is 2.65. The Labute approximate surface area is 106 Å². The van der Waals surface area contributed by atoms with E-state index in [4.69, 9.17) is 22.1 Å². The van der Waals surface area contributed by atoms with Crippen molar-refractivity contribution in [3.05, 3.63) is 21.4 Å². The number of hydrogen-bond acceptors (Lipinski definition) is 4. The maximum atomic E-state index is 13.7. The van der Waals surface area contributed by atoms with Gasteiger partial charge in [0.2, 0.25) is 0 Å². The number of rotatable bonds is 2. The molecular weight excluding hydrogens is 270 g/mol. The summed E-state index contributed by atoms with van der Waals surface area (Å²) in [5.74, 6) is -0.697. The van der Waals surface area contributed by atoms with Crippen molar-refractivity contribution in [1.82, 2.24) is 9.55 Å². The van der Waals surface area contributed by atoms with Gasteiger partial charge < -0.3 is 14.8 Å². The Morgan fingerprint density at radius 3 is 2.88 bits per heavy atom. The minimum atomic E-state index is -1.34. The molecule has 0 aliphatic carbocycles. The zero-order valence-corrected chi connectivity index (χ0v) is 10.2. The molecular formula is C9H10F2N2O2S2. The molecule has 0 saturated carbocycles. The van der Waals surface area contributed by atoms with E-state index in [0.29, 0.717) is 0 Å². The van der Waals surface area contributed by atoms with Gasteiger partial charge in [-0.2, -0.15) is 0 Å². The molecule has 0 unspecified atom stereocenters. The largest absolute Gasteiger partial charge is 0.394 e. The number of aliphatic hydroxyl groups is 1. The van der Waals surface area contributed by atoms with Gasteiger partial charge in [-0.3, -0.25) is 4.57 Å². The van der Waals surface area contributed by atoms with Gasteiger partial charge in [0.25, 0.3) is 0 Å². The third-order valence-electron chi connectivity index (χ3n) is 2.53. The van der Waals surface area contributed by atoms with Gasteiger partial charge in [0, 0.05) is 12.6 Å². The Morgan fingerprint density at radius 1 is 1.59 bits per heavy atom. The predicted octanol–water partition coefficient (Wildman–Crippen LogP) is 2.03. The van der Waals surface area contributed by atoms with E-state index in [9.17, 15) is 8.78 Å². The van der Waals surface area contributed by atoms with E-state index in [0.717, 1.165) is 10.8 Å². The third-order valence-corrected chi connectivity index (χ3v) is 3.14. The van der Waals surface area contributed by atoms with Crippen LogP contribution in [0.25, 0.3) is 0 Å². The maximum Gasteiger partial charge on any atom is 0.180 e. The molecule has 0 aromatic carbocycles. The van der Waals surface area contributed by atoms with E-state index in [1.807, 2.05) is 0 Å². The summed E-state index contributed by atoms with van der Waals surface area (Å²) in [6, 6.07) is 0. The first-order chi connectivity index (χ1) is 8.02. The summed E-state index contributed by atoms with van der Waals surface area (Å²) in [5, 5.41) is 8.89. The Balaban J connectivity index is 2.38. The summed E-state index contributed by atoms with van der Waals surface area (Å²) in [7, 11) is 0. The first kappa shape index (κ1) is 12.7. The summed E-state index contributed by atoms with van der Waals surface area (Å²) >= 11 is 9.59. The lowest BCUT2D eigenvalue weighted by Crippen LogP contribution is -2.19. The van der Waals surface area contributed by atoms with Gasteiger partial charge >= 0.3 is 0 Å². The second-order valence-electron chi connectivity index (χ2n) is 3.73. The number of halogens is 2. The number of ether oxygens (including phenoxy) is 1. The zero-order valence-electron chi connectivity index (χ0n) is 8.60. The van der Waals surface area contributed by atoms with E-state index in [1.165, 1.54) is 0 Å². The molecule has 94 valence electrons. The smallest absolute Gasteiger partial charge is 0.180 e. The molecule has 2 rings (SSSR count). The molecule has 0 bridgehead atoms. The van der Waals surface area contributed by atoms with Gasteiger partial charge in [0.1, 0.15) is 10.8 Å². The van der Waals surface area contributed by atoms with Crippen molar-refractivity contribution >= 4 is 24.4 Å². The van der Waals surface area contributed by atoms with Crippen LogP contribution in [-0.4, -0.2) is 33.5 Å². The summed E-state index contributed by atoms with van der Waals surface area (Å²) in [6.07, 6.45) is -1.90. The first-order valence-electron chi connectivity index (χ1n) is 4.94. The average molecular weight is 280 g/mol. The van der Waals surface area contributed by atoms with Crippen LogP contribution in [0.3, 0.4) is 0 Å². The fraction of sp³-hybridized carbons (Fsp3) is 0.556. The predicted molar refractivity (Wildman–Crippen MR) is 60.9 cm³/mol. The van der Waals surface area contributed by atoms with Crippen molar-refractivity contribution in [3.8, 4) is 0 Å². The minimum absolute atomic E-state index is 0.0557. The molecule has 3 atom stereocenters. The highest BCUT2D eigenvalue weighted by molar-refractivity contribution is 7.72. The molecule has 1 fully saturated rings. The minimum Gasteiger partial charge on any atom is -0.394 e. The standard InChI is InChI=1S/C9H10F2N2O2S2/c10-5-1-4(3-14)15-8(5)13-2-6(11)7(16)12-9(13)17/h2,4-5,8,14H,1,3H2,(H,12,16,17)/t4-,5-,8+/m0/s1. The lowest BCUT2D eigenvalue weighted by atomic mass is 10.2. The number of hydrogen-bond donors (Lipinski definition) is 2. The number of nitrogens with one attached hydrogen (secondary N) is 1. The molecule has 1 aromatic rings. The van der Waals surface area contributed by atoms with Crippen LogP contribution >= 0.6 is 24.4 Å². The van der Waals surface area contributed by atoms with Gasteiger partial charge in [-0.15, -0.1) is 0 Å². The third kappa shape index (κ3) is 2.44. The van der Waals surface area contributed by atoms with Gasteiger partial charge in [-0.05, 0) is 12.2 Å². The van der Waals surface area contributed by atoms with E-state index in [2.05, 4.69) is 17.2 Å². The lowest BCUT2D eigenvalue weighted by molar-refractivity contribution is -0.0388. The summed E-state index contributed by atoms with van der Waals surface area (Å²) in [4.78, 5) is 2.45. The Bertz CT molecular complexity index is 530. The van der Waals surface area contributed by atoms with Crippen molar-refractivity contribution < 1.29 is 18.6 Å². The number of aromatic nitrogens is 2. The monoisotopic (exact) mass is 280 g/mol. The van der Waals surface area contributed by atoms with Crippen molar-refractivity contribution in [2.24, 2.45) is 0 Å². The molecule has 4 nitrogen and oxygen atoms in total. The van der Waals surface area contributed by atoms with Crippen LogP contribution in [0.15, 0.2) is 6.20 Å². The maximum absolute atomic E-state index is 13.7. The molecule has 8 heteroatoms. The van der Waals surface area contributed by atoms with Crippen molar-refractivity contribution in [2.75, 3.05) is 6.61 Å². The number of aromatic amines is 1. The van der Waals surface area contributed by atoms with Gasteiger partial charge in [0.05, 0.1) is 12.7 Å². The molecule has 1 saturated heterocycles. The van der Waals surface area contributed by atoms with E-state index in [1.54, 1.807) is 0 Å². The highest BCUT2D eigenvalue weighted by Crippen LogP contribution is 2.31. The van der Waals surface area contributed by atoms with Crippen LogP contribution < -0.4 is 0 Å². The van der Waals surface area contributed by atoms with Gasteiger partial charge in [-0.25, -0.2) is 8.78 Å². The quantitative estimate of drug-likeness (QED) is 0.814. The fourth-order valence-electron chi connectivity index (χ4n) is 1.71. The van der Waals surface area contributed by atoms with Crippen LogP contribution in [0.1, 0.15) is 12.6 Å². The Kier molecular flexibility index (Phi) is 3.67. The normalized spacial score (nSPS) is 28.5. The van der Waals surface area contributed by atoms with Crippen LogP contribution in [0, 0.1) is 15.2 Å². The van der Waals surface area contributed by atoms with Crippen molar-refractivity contribution in [3.63, 3.8) is 0 Å². The molecule has 0 radical (unpaired) electrons. The summed E-state index contributed by atoms with van der Waals surface area (Å²) in [6.45, 7) is -0.282. The SMILES string of the molecule is OC[C@@H]1C[C@H](F)[C@H](n2cc(F)c(=S)[nH]c2=S)O1. The number of aliphatic hydroxyl groups excluding tert-OH is 1. The van der Waals surface area contributed by atoms with Crippen LogP contribution in [-0.2, 0) is 4.74 Å². The van der Waals surface area contributed by atoms with E-state index < -0.39 is 24.3 Å². The first-order valence-corrected chi connectivity index (χ1v) is 5.76. The summed E-state index contributed by atoms with van der Waals surface area (Å²) < 4.78 is 33.3. The molecule has 0 spiro atoms. The van der Waals surface area contributed by atoms with E-state index in [-0.39, 0.29) is 22.4 Å². The van der Waals surface area contributed by atoms with Crippen LogP contribution in [0.2, 0.25) is 0 Å². The topological polar surface area (TPSA) is 50.2 Å². The zero-order chi connectivity index (χ0) is 12.6. The van der Waals surface area contributed by atoms with E-state index >= 15 is 0 Å². The number of nitrogens with zero attached hydrogens (tertiary/aromatic N) is 1. The molecule has 2 heterocycles. The fourth-order valence-corrected chi connectivity index (χ4v) is 2.19. The summed E-state index contributed by atoms with van der Waals surface area (Å²) in [5.41, 5.74) is 0. The van der Waals surface area contributed by atoms with Crippen molar-refractivity contribution in [2.45, 2.75) is 24.9 Å². The Morgan fingerprint density at radius 2 is 2.29 bits per heavy atom. The highest BCUT2D eigenvalue weighted by atomic mass is 32.1. The van der Waals surface area contributed by atoms with Gasteiger partial charge in [-0.1, -0.05) is 12.2 Å². The molecule has 17 heavy (non-hydrogen) atoms. The van der Waals surface area contributed by atoms with Crippen LogP contribution in [0.5, 0.6) is 0 Å². The second-order valence-corrected chi connectivity index (χ2v) is 4.52. The molecule has 2 N–H and O–H groups in total. The number of alkyl halides is 1.